The number of rotatable bonds is 3. The zero-order valence-electron chi connectivity index (χ0n) is 11.9. The number of carbonyl (C=O) groups is 1. The minimum absolute atomic E-state index is 0.0472. The average Bonchev–Trinajstić information content (AvgIpc) is 2.43. The highest BCUT2D eigenvalue weighted by atomic mass is 19.1. The first-order valence-corrected chi connectivity index (χ1v) is 6.78. The number of nitrogens with two attached hydrogens (primary N) is 1. The SMILES string of the molecule is CN1CCC(C)(CNC(=O)c2ccnc(N)c2F)CC1. The van der Waals surface area contributed by atoms with Gasteiger partial charge in [0.05, 0.1) is 5.56 Å². The van der Waals surface area contributed by atoms with Crippen molar-refractivity contribution >= 4 is 11.7 Å². The van der Waals surface area contributed by atoms with Crippen LogP contribution in [0.2, 0.25) is 0 Å². The third kappa shape index (κ3) is 3.25. The van der Waals surface area contributed by atoms with Gasteiger partial charge in [-0.1, -0.05) is 6.92 Å². The van der Waals surface area contributed by atoms with E-state index in [4.69, 9.17) is 5.73 Å². The minimum Gasteiger partial charge on any atom is -0.381 e. The standard InChI is InChI=1S/C14H21FN4O/c1-14(4-7-19(2)8-5-14)9-18-13(20)10-3-6-17-12(16)11(10)15/h3,6H,4-5,7-9H2,1-2H3,(H2,16,17)(H,18,20). The molecule has 2 rings (SSSR count). The molecule has 1 fully saturated rings. The predicted octanol–water partition coefficient (Wildman–Crippen LogP) is 1.26. The molecule has 1 aliphatic rings. The van der Waals surface area contributed by atoms with Crippen LogP contribution in [-0.2, 0) is 0 Å². The lowest BCUT2D eigenvalue weighted by Crippen LogP contribution is -2.43. The number of halogens is 1. The molecule has 5 nitrogen and oxygen atoms in total. The summed E-state index contributed by atoms with van der Waals surface area (Å²) in [4.78, 5) is 17.9. The number of hydrogen-bond acceptors (Lipinski definition) is 4. The smallest absolute Gasteiger partial charge is 0.254 e. The van der Waals surface area contributed by atoms with Crippen LogP contribution in [0.1, 0.15) is 30.1 Å². The lowest BCUT2D eigenvalue weighted by atomic mass is 9.80. The molecule has 0 spiro atoms. The molecule has 1 saturated heterocycles. The number of amides is 1. The first-order chi connectivity index (χ1) is 9.41. The quantitative estimate of drug-likeness (QED) is 0.874. The second kappa shape index (κ2) is 5.75. The zero-order chi connectivity index (χ0) is 14.8. The van der Waals surface area contributed by atoms with Gasteiger partial charge in [-0.3, -0.25) is 4.79 Å². The average molecular weight is 280 g/mol. The third-order valence-corrected chi connectivity index (χ3v) is 4.03. The van der Waals surface area contributed by atoms with Gasteiger partial charge in [0.1, 0.15) is 0 Å². The fraction of sp³-hybridized carbons (Fsp3) is 0.571. The van der Waals surface area contributed by atoms with Gasteiger partial charge in [-0.05, 0) is 44.5 Å². The van der Waals surface area contributed by atoms with Crippen LogP contribution in [-0.4, -0.2) is 42.5 Å². The van der Waals surface area contributed by atoms with Crippen molar-refractivity contribution in [2.24, 2.45) is 5.41 Å². The van der Waals surface area contributed by atoms with Gasteiger partial charge in [-0.25, -0.2) is 9.37 Å². The predicted molar refractivity (Wildman–Crippen MR) is 75.8 cm³/mol. The molecule has 2 heterocycles. The molecular weight excluding hydrogens is 259 g/mol. The Hall–Kier alpha value is -1.69. The van der Waals surface area contributed by atoms with Crippen LogP contribution in [0.25, 0.3) is 0 Å². The number of pyridine rings is 1. The van der Waals surface area contributed by atoms with E-state index in [-0.39, 0.29) is 16.8 Å². The van der Waals surface area contributed by atoms with Crippen LogP contribution >= 0.6 is 0 Å². The van der Waals surface area contributed by atoms with Crippen molar-refractivity contribution in [2.75, 3.05) is 32.4 Å². The van der Waals surface area contributed by atoms with E-state index in [0.29, 0.717) is 6.54 Å². The normalized spacial score (nSPS) is 18.8. The van der Waals surface area contributed by atoms with Crippen LogP contribution in [0, 0.1) is 11.2 Å². The molecular formula is C14H21FN4O. The van der Waals surface area contributed by atoms with Gasteiger partial charge >= 0.3 is 0 Å². The lowest BCUT2D eigenvalue weighted by Gasteiger charge is -2.37. The molecule has 0 radical (unpaired) electrons. The highest BCUT2D eigenvalue weighted by Gasteiger charge is 2.29. The van der Waals surface area contributed by atoms with E-state index >= 15 is 0 Å². The number of piperidine rings is 1. The van der Waals surface area contributed by atoms with Crippen LogP contribution in [0.3, 0.4) is 0 Å². The van der Waals surface area contributed by atoms with E-state index in [0.717, 1.165) is 25.9 Å². The van der Waals surface area contributed by atoms with E-state index in [1.165, 1.54) is 12.3 Å². The summed E-state index contributed by atoms with van der Waals surface area (Å²) in [5.41, 5.74) is 5.39. The number of nitrogens with zero attached hydrogens (tertiary/aromatic N) is 2. The number of carbonyl (C=O) groups excluding carboxylic acids is 1. The summed E-state index contributed by atoms with van der Waals surface area (Å²) in [7, 11) is 2.09. The van der Waals surface area contributed by atoms with Gasteiger partial charge in [0.25, 0.3) is 5.91 Å². The number of nitrogens with one attached hydrogen (secondary N) is 1. The molecule has 0 atom stereocenters. The molecule has 1 aromatic rings. The molecule has 20 heavy (non-hydrogen) atoms. The minimum atomic E-state index is -0.751. The van der Waals surface area contributed by atoms with E-state index in [1.807, 2.05) is 0 Å². The maximum atomic E-state index is 13.7. The molecule has 0 saturated carbocycles. The summed E-state index contributed by atoms with van der Waals surface area (Å²) in [6.07, 6.45) is 3.38. The summed E-state index contributed by atoms with van der Waals surface area (Å²) >= 11 is 0. The summed E-state index contributed by atoms with van der Waals surface area (Å²) in [6.45, 7) is 4.73. The highest BCUT2D eigenvalue weighted by Crippen LogP contribution is 2.29. The number of anilines is 1. The van der Waals surface area contributed by atoms with Crippen LogP contribution in [0.15, 0.2) is 12.3 Å². The Bertz CT molecular complexity index is 498. The van der Waals surface area contributed by atoms with Crippen LogP contribution in [0.5, 0.6) is 0 Å². The molecule has 1 aliphatic heterocycles. The molecule has 0 unspecified atom stereocenters. The number of aromatic nitrogens is 1. The first kappa shape index (κ1) is 14.7. The van der Waals surface area contributed by atoms with Crippen molar-refractivity contribution in [3.63, 3.8) is 0 Å². The molecule has 3 N–H and O–H groups in total. The summed E-state index contributed by atoms with van der Waals surface area (Å²) < 4.78 is 13.7. The van der Waals surface area contributed by atoms with E-state index in [1.54, 1.807) is 0 Å². The van der Waals surface area contributed by atoms with Gasteiger partial charge < -0.3 is 16.0 Å². The van der Waals surface area contributed by atoms with Crippen molar-refractivity contribution < 1.29 is 9.18 Å². The molecule has 6 heteroatoms. The third-order valence-electron chi connectivity index (χ3n) is 4.03. The van der Waals surface area contributed by atoms with E-state index < -0.39 is 11.7 Å². The van der Waals surface area contributed by atoms with Crippen molar-refractivity contribution in [3.05, 3.63) is 23.6 Å². The van der Waals surface area contributed by atoms with Crippen LogP contribution < -0.4 is 11.1 Å². The maximum absolute atomic E-state index is 13.7. The second-order valence-electron chi connectivity index (χ2n) is 5.85. The first-order valence-electron chi connectivity index (χ1n) is 6.78. The largest absolute Gasteiger partial charge is 0.381 e. The van der Waals surface area contributed by atoms with Gasteiger partial charge in [-0.2, -0.15) is 0 Å². The fourth-order valence-electron chi connectivity index (χ4n) is 2.36. The monoisotopic (exact) mass is 280 g/mol. The van der Waals surface area contributed by atoms with Crippen molar-refractivity contribution in [1.82, 2.24) is 15.2 Å². The van der Waals surface area contributed by atoms with E-state index in [9.17, 15) is 9.18 Å². The summed E-state index contributed by atoms with van der Waals surface area (Å²) in [5.74, 6) is -1.43. The topological polar surface area (TPSA) is 71.2 Å². The number of nitrogen functional groups attached to an aromatic ring is 1. The van der Waals surface area contributed by atoms with Crippen molar-refractivity contribution in [1.29, 1.82) is 0 Å². The summed E-state index contributed by atoms with van der Waals surface area (Å²) in [5, 5.41) is 2.81. The molecule has 0 aliphatic carbocycles. The van der Waals surface area contributed by atoms with Gasteiger partial charge in [0, 0.05) is 12.7 Å². The van der Waals surface area contributed by atoms with E-state index in [2.05, 4.69) is 29.2 Å². The van der Waals surface area contributed by atoms with Crippen molar-refractivity contribution in [3.8, 4) is 0 Å². The zero-order valence-corrected chi connectivity index (χ0v) is 11.9. The van der Waals surface area contributed by atoms with Gasteiger partial charge in [0.15, 0.2) is 11.6 Å². The lowest BCUT2D eigenvalue weighted by molar-refractivity contribution is 0.0887. The second-order valence-corrected chi connectivity index (χ2v) is 5.85. The summed E-state index contributed by atoms with van der Waals surface area (Å²) in [6, 6.07) is 1.35. The van der Waals surface area contributed by atoms with Gasteiger partial charge in [-0.15, -0.1) is 0 Å². The highest BCUT2D eigenvalue weighted by molar-refractivity contribution is 5.95. The molecule has 110 valence electrons. The Labute approximate surface area is 118 Å². The molecule has 0 aromatic carbocycles. The van der Waals surface area contributed by atoms with Crippen LogP contribution in [0.4, 0.5) is 10.2 Å². The Morgan fingerprint density at radius 3 is 2.85 bits per heavy atom. The molecule has 0 bridgehead atoms. The van der Waals surface area contributed by atoms with Gasteiger partial charge in [0.2, 0.25) is 0 Å². The van der Waals surface area contributed by atoms with Crippen molar-refractivity contribution in [2.45, 2.75) is 19.8 Å². The Balaban J connectivity index is 1.97. The Morgan fingerprint density at radius 2 is 2.20 bits per heavy atom. The molecule has 1 amide bonds. The number of likely N-dealkylation sites (tertiary alicyclic amines) is 1. The molecule has 1 aromatic heterocycles. The maximum Gasteiger partial charge on any atom is 0.254 e. The number of hydrogen-bond donors (Lipinski definition) is 2. The fourth-order valence-corrected chi connectivity index (χ4v) is 2.36. The Kier molecular flexibility index (Phi) is 4.23. The Morgan fingerprint density at radius 1 is 1.55 bits per heavy atom.